The number of hydrogen-bond acceptors (Lipinski definition) is 2. The van der Waals surface area contributed by atoms with Gasteiger partial charge in [-0.3, -0.25) is 4.79 Å². The van der Waals surface area contributed by atoms with E-state index in [1.807, 2.05) is 31.3 Å². The lowest BCUT2D eigenvalue weighted by atomic mass is 9.96. The van der Waals surface area contributed by atoms with E-state index in [4.69, 9.17) is 18.0 Å². The number of para-hydroxylation sites is 1. The lowest BCUT2D eigenvalue weighted by Gasteiger charge is -2.25. The number of amides is 1. The highest BCUT2D eigenvalue weighted by atomic mass is 32.1. The summed E-state index contributed by atoms with van der Waals surface area (Å²) in [4.78, 5) is 14.6. The SMILES string of the molecule is CC1CCCC1C(=O)N(C)c1ccccc1C(N)=S. The molecule has 1 aromatic carbocycles. The van der Waals surface area contributed by atoms with Crippen LogP contribution in [0.2, 0.25) is 0 Å². The van der Waals surface area contributed by atoms with Crippen molar-refractivity contribution >= 4 is 28.8 Å². The summed E-state index contributed by atoms with van der Waals surface area (Å²) >= 11 is 5.05. The van der Waals surface area contributed by atoms with Crippen molar-refractivity contribution < 1.29 is 4.79 Å². The number of anilines is 1. The Balaban J connectivity index is 2.26. The molecule has 1 aliphatic rings. The first-order valence-corrected chi connectivity index (χ1v) is 7.09. The molecule has 2 unspecified atom stereocenters. The number of thiocarbonyl (C=S) groups is 1. The predicted octanol–water partition coefficient (Wildman–Crippen LogP) is 2.72. The quantitative estimate of drug-likeness (QED) is 0.863. The Bertz CT molecular complexity index is 501. The van der Waals surface area contributed by atoms with Gasteiger partial charge >= 0.3 is 0 Å². The van der Waals surface area contributed by atoms with E-state index >= 15 is 0 Å². The van der Waals surface area contributed by atoms with Gasteiger partial charge in [0.05, 0.1) is 5.69 Å². The first-order valence-electron chi connectivity index (χ1n) is 6.68. The predicted molar refractivity (Wildman–Crippen MR) is 82.2 cm³/mol. The molecule has 1 fully saturated rings. The van der Waals surface area contributed by atoms with Crippen molar-refractivity contribution in [2.24, 2.45) is 17.6 Å². The second-order valence-electron chi connectivity index (χ2n) is 5.29. The van der Waals surface area contributed by atoms with Crippen molar-refractivity contribution in [3.63, 3.8) is 0 Å². The molecule has 19 heavy (non-hydrogen) atoms. The Morgan fingerprint density at radius 1 is 1.37 bits per heavy atom. The van der Waals surface area contributed by atoms with Crippen LogP contribution in [0.25, 0.3) is 0 Å². The second kappa shape index (κ2) is 5.70. The molecule has 2 rings (SSSR count). The van der Waals surface area contributed by atoms with Crippen LogP contribution in [-0.4, -0.2) is 17.9 Å². The highest BCUT2D eigenvalue weighted by molar-refractivity contribution is 7.80. The molecule has 1 amide bonds. The number of hydrogen-bond donors (Lipinski definition) is 1. The topological polar surface area (TPSA) is 46.3 Å². The molecule has 102 valence electrons. The first kappa shape index (κ1) is 14.0. The highest BCUT2D eigenvalue weighted by Crippen LogP contribution is 2.33. The largest absolute Gasteiger partial charge is 0.389 e. The normalized spacial score (nSPS) is 22.2. The number of benzene rings is 1. The lowest BCUT2D eigenvalue weighted by Crippen LogP contribution is -2.35. The van der Waals surface area contributed by atoms with Crippen LogP contribution in [0.4, 0.5) is 5.69 Å². The second-order valence-corrected chi connectivity index (χ2v) is 5.73. The lowest BCUT2D eigenvalue weighted by molar-refractivity contribution is -0.122. The van der Waals surface area contributed by atoms with Crippen molar-refractivity contribution in [2.75, 3.05) is 11.9 Å². The van der Waals surface area contributed by atoms with Crippen LogP contribution < -0.4 is 10.6 Å². The maximum Gasteiger partial charge on any atom is 0.230 e. The van der Waals surface area contributed by atoms with Crippen LogP contribution in [0.15, 0.2) is 24.3 Å². The van der Waals surface area contributed by atoms with Crippen molar-refractivity contribution in [3.05, 3.63) is 29.8 Å². The Labute approximate surface area is 119 Å². The van der Waals surface area contributed by atoms with Crippen molar-refractivity contribution in [1.29, 1.82) is 0 Å². The van der Waals surface area contributed by atoms with Crippen LogP contribution in [0.1, 0.15) is 31.7 Å². The summed E-state index contributed by atoms with van der Waals surface area (Å²) in [6.45, 7) is 2.16. The van der Waals surface area contributed by atoms with Gasteiger partial charge in [-0.05, 0) is 30.9 Å². The van der Waals surface area contributed by atoms with E-state index in [-0.39, 0.29) is 11.8 Å². The average molecular weight is 276 g/mol. The molecule has 2 N–H and O–H groups in total. The smallest absolute Gasteiger partial charge is 0.230 e. The Morgan fingerprint density at radius 3 is 2.63 bits per heavy atom. The van der Waals surface area contributed by atoms with Gasteiger partial charge in [-0.1, -0.05) is 37.7 Å². The minimum absolute atomic E-state index is 0.129. The molecule has 0 saturated heterocycles. The van der Waals surface area contributed by atoms with Crippen LogP contribution in [-0.2, 0) is 4.79 Å². The van der Waals surface area contributed by atoms with Crippen LogP contribution in [0, 0.1) is 11.8 Å². The fraction of sp³-hybridized carbons (Fsp3) is 0.467. The van der Waals surface area contributed by atoms with E-state index in [2.05, 4.69) is 6.92 Å². The first-order chi connectivity index (χ1) is 9.02. The fourth-order valence-corrected chi connectivity index (χ4v) is 3.03. The molecule has 3 nitrogen and oxygen atoms in total. The van der Waals surface area contributed by atoms with E-state index in [1.165, 1.54) is 0 Å². The van der Waals surface area contributed by atoms with Gasteiger partial charge in [0.25, 0.3) is 0 Å². The minimum Gasteiger partial charge on any atom is -0.389 e. The zero-order valence-corrected chi connectivity index (χ0v) is 12.2. The number of carbonyl (C=O) groups is 1. The minimum atomic E-state index is 0.129. The fourth-order valence-electron chi connectivity index (χ4n) is 2.85. The molecule has 1 aliphatic carbocycles. The molecule has 0 bridgehead atoms. The summed E-state index contributed by atoms with van der Waals surface area (Å²) in [5.41, 5.74) is 7.29. The Kier molecular flexibility index (Phi) is 4.20. The van der Waals surface area contributed by atoms with E-state index < -0.39 is 0 Å². The maximum atomic E-state index is 12.6. The van der Waals surface area contributed by atoms with Crippen LogP contribution >= 0.6 is 12.2 Å². The molecule has 4 heteroatoms. The molecular weight excluding hydrogens is 256 g/mol. The van der Waals surface area contributed by atoms with Crippen LogP contribution in [0.3, 0.4) is 0 Å². The zero-order chi connectivity index (χ0) is 14.0. The molecule has 0 spiro atoms. The van der Waals surface area contributed by atoms with Crippen LogP contribution in [0.5, 0.6) is 0 Å². The Morgan fingerprint density at radius 2 is 2.05 bits per heavy atom. The zero-order valence-electron chi connectivity index (χ0n) is 11.4. The van der Waals surface area contributed by atoms with Gasteiger partial charge in [0.1, 0.15) is 4.99 Å². The third kappa shape index (κ3) is 2.78. The van der Waals surface area contributed by atoms with E-state index in [9.17, 15) is 4.79 Å². The summed E-state index contributed by atoms with van der Waals surface area (Å²) in [6.07, 6.45) is 3.27. The number of nitrogens with zero attached hydrogens (tertiary/aromatic N) is 1. The summed E-state index contributed by atoms with van der Waals surface area (Å²) in [7, 11) is 1.81. The van der Waals surface area contributed by atoms with Gasteiger partial charge in [0, 0.05) is 18.5 Å². The standard InChI is InChI=1S/C15H20N2OS/c1-10-6-5-8-11(10)15(18)17(2)13-9-4-3-7-12(13)14(16)19/h3-4,7,9-11H,5-6,8H2,1-2H3,(H2,16,19). The van der Waals surface area contributed by atoms with Crippen molar-refractivity contribution in [2.45, 2.75) is 26.2 Å². The molecule has 0 aromatic heterocycles. The van der Waals surface area contributed by atoms with E-state index in [0.717, 1.165) is 30.5 Å². The van der Waals surface area contributed by atoms with E-state index in [0.29, 0.717) is 10.9 Å². The summed E-state index contributed by atoms with van der Waals surface area (Å²) < 4.78 is 0. The monoisotopic (exact) mass is 276 g/mol. The van der Waals surface area contributed by atoms with Crippen molar-refractivity contribution in [1.82, 2.24) is 0 Å². The molecule has 0 aliphatic heterocycles. The summed E-state index contributed by atoms with van der Waals surface area (Å²) in [5, 5.41) is 0. The molecule has 2 atom stereocenters. The van der Waals surface area contributed by atoms with Gasteiger partial charge in [-0.25, -0.2) is 0 Å². The number of rotatable bonds is 3. The highest BCUT2D eigenvalue weighted by Gasteiger charge is 2.32. The Hall–Kier alpha value is -1.42. The van der Waals surface area contributed by atoms with Crippen molar-refractivity contribution in [3.8, 4) is 0 Å². The molecule has 1 saturated carbocycles. The number of nitrogens with two attached hydrogens (primary N) is 1. The van der Waals surface area contributed by atoms with E-state index in [1.54, 1.807) is 4.90 Å². The average Bonchev–Trinajstić information content (AvgIpc) is 2.83. The third-order valence-corrected chi connectivity index (χ3v) is 4.26. The van der Waals surface area contributed by atoms with Gasteiger partial charge in [-0.2, -0.15) is 0 Å². The molecule has 0 radical (unpaired) electrons. The molecule has 1 aromatic rings. The molecular formula is C15H20N2OS. The third-order valence-electron chi connectivity index (χ3n) is 4.04. The summed E-state index contributed by atoms with van der Waals surface area (Å²) in [6, 6.07) is 7.54. The van der Waals surface area contributed by atoms with Gasteiger partial charge in [-0.15, -0.1) is 0 Å². The van der Waals surface area contributed by atoms with Gasteiger partial charge in [0.2, 0.25) is 5.91 Å². The maximum absolute atomic E-state index is 12.6. The van der Waals surface area contributed by atoms with Gasteiger partial charge < -0.3 is 10.6 Å². The van der Waals surface area contributed by atoms with Gasteiger partial charge in [0.15, 0.2) is 0 Å². The summed E-state index contributed by atoms with van der Waals surface area (Å²) in [5.74, 6) is 0.769. The molecule has 0 heterocycles. The number of carbonyl (C=O) groups excluding carboxylic acids is 1.